The highest BCUT2D eigenvalue weighted by molar-refractivity contribution is 5.78. The highest BCUT2D eigenvalue weighted by Crippen LogP contribution is 2.24. The highest BCUT2D eigenvalue weighted by Gasteiger charge is 2.24. The van der Waals surface area contributed by atoms with Gasteiger partial charge < -0.3 is 15.0 Å². The van der Waals surface area contributed by atoms with Crippen molar-refractivity contribution in [3.05, 3.63) is 64.8 Å². The SMILES string of the molecule is O=C(CN1CCC(n2c(=O)[nH]c3ccccc32)CC1)NCCOc1cccc(F)c1. The number of nitrogens with one attached hydrogen (secondary N) is 2. The summed E-state index contributed by atoms with van der Waals surface area (Å²) in [6.07, 6.45) is 1.63. The molecule has 158 valence electrons. The fourth-order valence-electron chi connectivity index (χ4n) is 3.95. The minimum absolute atomic E-state index is 0.0689. The van der Waals surface area contributed by atoms with Crippen LogP contribution in [-0.4, -0.2) is 53.1 Å². The number of hydrogen-bond acceptors (Lipinski definition) is 4. The van der Waals surface area contributed by atoms with Crippen LogP contribution in [0.2, 0.25) is 0 Å². The van der Waals surface area contributed by atoms with E-state index < -0.39 is 0 Å². The van der Waals surface area contributed by atoms with Crippen LogP contribution in [-0.2, 0) is 4.79 Å². The fourth-order valence-corrected chi connectivity index (χ4v) is 3.95. The van der Waals surface area contributed by atoms with Crippen LogP contribution in [0.1, 0.15) is 18.9 Å². The number of aromatic nitrogens is 2. The minimum atomic E-state index is -0.352. The molecule has 2 aromatic carbocycles. The van der Waals surface area contributed by atoms with Gasteiger partial charge in [0.25, 0.3) is 0 Å². The molecule has 1 amide bonds. The Kier molecular flexibility index (Phi) is 6.13. The van der Waals surface area contributed by atoms with Crippen molar-refractivity contribution in [2.45, 2.75) is 18.9 Å². The normalized spacial score (nSPS) is 15.4. The number of para-hydroxylation sites is 2. The molecule has 1 saturated heterocycles. The summed E-state index contributed by atoms with van der Waals surface area (Å²) < 4.78 is 20.4. The van der Waals surface area contributed by atoms with Gasteiger partial charge in [0.15, 0.2) is 0 Å². The Morgan fingerprint density at radius 1 is 1.17 bits per heavy atom. The van der Waals surface area contributed by atoms with Crippen molar-refractivity contribution in [1.29, 1.82) is 0 Å². The van der Waals surface area contributed by atoms with Gasteiger partial charge >= 0.3 is 5.69 Å². The predicted octanol–water partition coefficient (Wildman–Crippen LogP) is 2.30. The fraction of sp³-hybridized carbons (Fsp3) is 0.364. The first-order valence-corrected chi connectivity index (χ1v) is 10.2. The molecule has 2 heterocycles. The Morgan fingerprint density at radius 2 is 1.97 bits per heavy atom. The Balaban J connectivity index is 1.21. The second-order valence-electron chi connectivity index (χ2n) is 7.48. The van der Waals surface area contributed by atoms with Gasteiger partial charge in [-0.05, 0) is 37.1 Å². The number of fused-ring (bicyclic) bond motifs is 1. The van der Waals surface area contributed by atoms with Crippen molar-refractivity contribution in [3.8, 4) is 5.75 Å². The lowest BCUT2D eigenvalue weighted by molar-refractivity contribution is -0.122. The average Bonchev–Trinajstić information content (AvgIpc) is 3.08. The third-order valence-electron chi connectivity index (χ3n) is 5.40. The maximum absolute atomic E-state index is 13.1. The number of halogens is 1. The smallest absolute Gasteiger partial charge is 0.326 e. The molecular weight excluding hydrogens is 387 g/mol. The average molecular weight is 412 g/mol. The standard InChI is InChI=1S/C22H25FN4O3/c23-16-4-3-5-18(14-16)30-13-10-24-21(28)15-26-11-8-17(9-12-26)27-20-7-2-1-6-19(20)25-22(27)29/h1-7,14,17H,8-13,15H2,(H,24,28)(H,25,29). The number of ether oxygens (including phenoxy) is 1. The number of carbonyl (C=O) groups excluding carboxylic acids is 1. The lowest BCUT2D eigenvalue weighted by Crippen LogP contribution is -2.43. The molecule has 0 unspecified atom stereocenters. The van der Waals surface area contributed by atoms with Crippen molar-refractivity contribution in [2.75, 3.05) is 32.8 Å². The van der Waals surface area contributed by atoms with E-state index in [2.05, 4.69) is 15.2 Å². The Hall–Kier alpha value is -3.13. The first kappa shape index (κ1) is 20.2. The van der Waals surface area contributed by atoms with Crippen LogP contribution >= 0.6 is 0 Å². The van der Waals surface area contributed by atoms with Crippen molar-refractivity contribution in [1.82, 2.24) is 19.8 Å². The quantitative estimate of drug-likeness (QED) is 0.584. The maximum atomic E-state index is 13.1. The number of hydrogen-bond donors (Lipinski definition) is 2. The van der Waals surface area contributed by atoms with Crippen LogP contribution in [0.15, 0.2) is 53.3 Å². The van der Waals surface area contributed by atoms with Gasteiger partial charge in [-0.15, -0.1) is 0 Å². The molecule has 0 radical (unpaired) electrons. The maximum Gasteiger partial charge on any atom is 0.326 e. The van der Waals surface area contributed by atoms with Gasteiger partial charge in [0.05, 0.1) is 24.1 Å². The molecule has 1 aliphatic heterocycles. The summed E-state index contributed by atoms with van der Waals surface area (Å²) in [4.78, 5) is 29.6. The number of nitrogens with zero attached hydrogens (tertiary/aromatic N) is 2. The van der Waals surface area contributed by atoms with Gasteiger partial charge in [-0.2, -0.15) is 0 Å². The van der Waals surface area contributed by atoms with Crippen molar-refractivity contribution < 1.29 is 13.9 Å². The molecular formula is C22H25FN4O3. The van der Waals surface area contributed by atoms with Gasteiger partial charge in [0.1, 0.15) is 18.2 Å². The number of imidazole rings is 1. The molecule has 0 bridgehead atoms. The Morgan fingerprint density at radius 3 is 2.77 bits per heavy atom. The van der Waals surface area contributed by atoms with Crippen LogP contribution in [0.4, 0.5) is 4.39 Å². The van der Waals surface area contributed by atoms with Crippen LogP contribution in [0.25, 0.3) is 11.0 Å². The van der Waals surface area contributed by atoms with Gasteiger partial charge in [-0.1, -0.05) is 18.2 Å². The zero-order valence-corrected chi connectivity index (χ0v) is 16.6. The molecule has 1 aromatic heterocycles. The first-order valence-electron chi connectivity index (χ1n) is 10.2. The zero-order valence-electron chi connectivity index (χ0n) is 16.6. The number of H-pyrrole nitrogens is 1. The second kappa shape index (κ2) is 9.13. The van der Waals surface area contributed by atoms with Crippen LogP contribution < -0.4 is 15.7 Å². The molecule has 30 heavy (non-hydrogen) atoms. The summed E-state index contributed by atoms with van der Waals surface area (Å²) in [5.41, 5.74) is 1.70. The Bertz CT molecular complexity index is 1070. The summed E-state index contributed by atoms with van der Waals surface area (Å²) in [6, 6.07) is 13.8. The van der Waals surface area contributed by atoms with E-state index in [1.807, 2.05) is 28.8 Å². The number of amides is 1. The molecule has 0 saturated carbocycles. The van der Waals surface area contributed by atoms with E-state index in [1.165, 1.54) is 12.1 Å². The monoisotopic (exact) mass is 412 g/mol. The number of benzene rings is 2. The van der Waals surface area contributed by atoms with E-state index in [1.54, 1.807) is 12.1 Å². The van der Waals surface area contributed by atoms with Crippen LogP contribution in [0, 0.1) is 5.82 Å². The minimum Gasteiger partial charge on any atom is -0.492 e. The molecule has 1 fully saturated rings. The molecule has 8 heteroatoms. The van der Waals surface area contributed by atoms with Crippen molar-refractivity contribution in [3.63, 3.8) is 0 Å². The number of piperidine rings is 1. The van der Waals surface area contributed by atoms with Gasteiger partial charge in [0, 0.05) is 25.2 Å². The van der Waals surface area contributed by atoms with E-state index in [4.69, 9.17) is 4.74 Å². The zero-order chi connectivity index (χ0) is 20.9. The lowest BCUT2D eigenvalue weighted by atomic mass is 10.0. The number of likely N-dealkylation sites (tertiary alicyclic amines) is 1. The van der Waals surface area contributed by atoms with Gasteiger partial charge in [-0.3, -0.25) is 14.3 Å². The molecule has 2 N–H and O–H groups in total. The van der Waals surface area contributed by atoms with E-state index in [0.717, 1.165) is 37.0 Å². The third kappa shape index (κ3) is 4.71. The van der Waals surface area contributed by atoms with Crippen LogP contribution in [0.5, 0.6) is 5.75 Å². The summed E-state index contributed by atoms with van der Waals surface area (Å²) >= 11 is 0. The number of carbonyl (C=O) groups is 1. The molecule has 0 atom stereocenters. The van der Waals surface area contributed by atoms with E-state index >= 15 is 0 Å². The van der Waals surface area contributed by atoms with E-state index in [9.17, 15) is 14.0 Å². The second-order valence-corrected chi connectivity index (χ2v) is 7.48. The first-order chi connectivity index (χ1) is 14.6. The molecule has 7 nitrogen and oxygen atoms in total. The number of aromatic amines is 1. The van der Waals surface area contributed by atoms with Crippen molar-refractivity contribution >= 4 is 16.9 Å². The van der Waals surface area contributed by atoms with Gasteiger partial charge in [-0.25, -0.2) is 9.18 Å². The summed E-state index contributed by atoms with van der Waals surface area (Å²) in [5, 5.41) is 2.83. The summed E-state index contributed by atoms with van der Waals surface area (Å²) in [7, 11) is 0. The summed E-state index contributed by atoms with van der Waals surface area (Å²) in [5.74, 6) is 0.0224. The third-order valence-corrected chi connectivity index (χ3v) is 5.40. The molecule has 1 aliphatic rings. The lowest BCUT2D eigenvalue weighted by Gasteiger charge is -2.32. The molecule has 4 rings (SSSR count). The molecule has 3 aromatic rings. The predicted molar refractivity (Wildman–Crippen MR) is 112 cm³/mol. The van der Waals surface area contributed by atoms with Crippen molar-refractivity contribution in [2.24, 2.45) is 0 Å². The topological polar surface area (TPSA) is 79.4 Å². The highest BCUT2D eigenvalue weighted by atomic mass is 19.1. The summed E-state index contributed by atoms with van der Waals surface area (Å²) in [6.45, 7) is 2.46. The molecule has 0 spiro atoms. The largest absolute Gasteiger partial charge is 0.492 e. The van der Waals surface area contributed by atoms with E-state index in [0.29, 0.717) is 18.8 Å². The Labute approximate surface area is 173 Å². The number of rotatable bonds is 7. The molecule has 0 aliphatic carbocycles. The van der Waals surface area contributed by atoms with E-state index in [-0.39, 0.29) is 30.1 Å². The van der Waals surface area contributed by atoms with Crippen LogP contribution in [0.3, 0.4) is 0 Å². The van der Waals surface area contributed by atoms with Gasteiger partial charge in [0.2, 0.25) is 5.91 Å².